The number of benzene rings is 2. The van der Waals surface area contributed by atoms with Crippen LogP contribution in [0.4, 0.5) is 4.39 Å². The van der Waals surface area contributed by atoms with E-state index < -0.39 is 17.8 Å². The number of aromatic nitrogens is 4. The number of carbonyl (C=O) groups is 1. The standard InChI is InChI=1S/C15H12FN5O/c16-12-8-4-7-11(9-12)15-18-20-21(19-15)13(14(17)22)10-5-2-1-3-6-10/h1-9,13H,(H2,17,22). The number of amides is 1. The maximum atomic E-state index is 13.3. The first-order valence-corrected chi connectivity index (χ1v) is 6.55. The van der Waals surface area contributed by atoms with Crippen molar-refractivity contribution in [2.45, 2.75) is 6.04 Å². The van der Waals surface area contributed by atoms with Crippen molar-refractivity contribution in [3.8, 4) is 11.4 Å². The molecule has 0 fully saturated rings. The lowest BCUT2D eigenvalue weighted by molar-refractivity contribution is -0.120. The number of tetrazole rings is 1. The highest BCUT2D eigenvalue weighted by Crippen LogP contribution is 2.19. The summed E-state index contributed by atoms with van der Waals surface area (Å²) in [4.78, 5) is 12.9. The van der Waals surface area contributed by atoms with E-state index in [2.05, 4.69) is 15.4 Å². The Kier molecular flexibility index (Phi) is 3.61. The zero-order chi connectivity index (χ0) is 15.5. The molecule has 22 heavy (non-hydrogen) atoms. The summed E-state index contributed by atoms with van der Waals surface area (Å²) in [5, 5.41) is 11.9. The summed E-state index contributed by atoms with van der Waals surface area (Å²) in [6, 6.07) is 13.9. The molecule has 0 aliphatic carbocycles. The smallest absolute Gasteiger partial charge is 0.248 e. The fourth-order valence-corrected chi connectivity index (χ4v) is 2.12. The van der Waals surface area contributed by atoms with E-state index in [4.69, 9.17) is 5.73 Å². The second kappa shape index (κ2) is 5.72. The Balaban J connectivity index is 1.99. The molecule has 6 nitrogen and oxygen atoms in total. The largest absolute Gasteiger partial charge is 0.367 e. The monoisotopic (exact) mass is 297 g/mol. The van der Waals surface area contributed by atoms with Gasteiger partial charge in [-0.1, -0.05) is 42.5 Å². The van der Waals surface area contributed by atoms with E-state index in [1.807, 2.05) is 6.07 Å². The number of halogens is 1. The van der Waals surface area contributed by atoms with Crippen LogP contribution in [0.2, 0.25) is 0 Å². The molecule has 2 N–H and O–H groups in total. The van der Waals surface area contributed by atoms with Crippen LogP contribution in [0, 0.1) is 5.82 Å². The summed E-state index contributed by atoms with van der Waals surface area (Å²) in [6.07, 6.45) is 0. The van der Waals surface area contributed by atoms with Crippen LogP contribution in [0.25, 0.3) is 11.4 Å². The molecule has 0 saturated carbocycles. The minimum atomic E-state index is -0.865. The van der Waals surface area contributed by atoms with Crippen LogP contribution in [-0.4, -0.2) is 26.1 Å². The SMILES string of the molecule is NC(=O)C(c1ccccc1)n1nnc(-c2cccc(F)c2)n1. The Labute approximate surface area is 125 Å². The molecule has 7 heteroatoms. The van der Waals surface area contributed by atoms with Crippen LogP contribution in [0.15, 0.2) is 54.6 Å². The minimum absolute atomic E-state index is 0.224. The molecule has 0 spiro atoms. The highest BCUT2D eigenvalue weighted by molar-refractivity contribution is 5.81. The fraction of sp³-hybridized carbons (Fsp3) is 0.0667. The van der Waals surface area contributed by atoms with Gasteiger partial charge in [0, 0.05) is 5.56 Å². The van der Waals surface area contributed by atoms with Gasteiger partial charge in [-0.3, -0.25) is 4.79 Å². The summed E-state index contributed by atoms with van der Waals surface area (Å²) >= 11 is 0. The van der Waals surface area contributed by atoms with Crippen LogP contribution in [0.1, 0.15) is 11.6 Å². The maximum Gasteiger partial charge on any atom is 0.248 e. The second-order valence-corrected chi connectivity index (χ2v) is 4.66. The van der Waals surface area contributed by atoms with Crippen LogP contribution in [-0.2, 0) is 4.79 Å². The van der Waals surface area contributed by atoms with Crippen molar-refractivity contribution in [1.82, 2.24) is 20.2 Å². The molecular weight excluding hydrogens is 285 g/mol. The van der Waals surface area contributed by atoms with Gasteiger partial charge >= 0.3 is 0 Å². The van der Waals surface area contributed by atoms with Crippen molar-refractivity contribution < 1.29 is 9.18 Å². The zero-order valence-corrected chi connectivity index (χ0v) is 11.4. The van der Waals surface area contributed by atoms with Crippen LogP contribution in [0.3, 0.4) is 0 Å². The highest BCUT2D eigenvalue weighted by atomic mass is 19.1. The van der Waals surface area contributed by atoms with Crippen molar-refractivity contribution in [2.24, 2.45) is 5.73 Å². The van der Waals surface area contributed by atoms with Crippen molar-refractivity contribution in [1.29, 1.82) is 0 Å². The Morgan fingerprint density at radius 1 is 1.14 bits per heavy atom. The number of carbonyl (C=O) groups excluding carboxylic acids is 1. The van der Waals surface area contributed by atoms with Crippen LogP contribution < -0.4 is 5.73 Å². The van der Waals surface area contributed by atoms with Gasteiger partial charge in [-0.25, -0.2) is 4.39 Å². The van der Waals surface area contributed by atoms with Crippen LogP contribution in [0.5, 0.6) is 0 Å². The van der Waals surface area contributed by atoms with Crippen LogP contribution >= 0.6 is 0 Å². The molecule has 2 aromatic carbocycles. The van der Waals surface area contributed by atoms with Gasteiger partial charge in [0.05, 0.1) is 0 Å². The van der Waals surface area contributed by atoms with Crippen molar-refractivity contribution in [2.75, 3.05) is 0 Å². The molecule has 1 unspecified atom stereocenters. The zero-order valence-electron chi connectivity index (χ0n) is 11.4. The van der Waals surface area contributed by atoms with E-state index in [0.717, 1.165) is 4.80 Å². The number of nitrogens with zero attached hydrogens (tertiary/aromatic N) is 4. The van der Waals surface area contributed by atoms with Gasteiger partial charge in [-0.15, -0.1) is 15.0 Å². The van der Waals surface area contributed by atoms with E-state index >= 15 is 0 Å². The molecular formula is C15H12FN5O. The molecule has 1 atom stereocenters. The third kappa shape index (κ3) is 2.69. The molecule has 1 aromatic heterocycles. The second-order valence-electron chi connectivity index (χ2n) is 4.66. The molecule has 3 aromatic rings. The molecule has 0 bridgehead atoms. The average molecular weight is 297 g/mol. The van der Waals surface area contributed by atoms with Crippen molar-refractivity contribution in [3.05, 3.63) is 66.0 Å². The Hall–Kier alpha value is -3.09. The maximum absolute atomic E-state index is 13.3. The van der Waals surface area contributed by atoms with E-state index in [0.29, 0.717) is 11.1 Å². The molecule has 0 aliphatic rings. The Morgan fingerprint density at radius 2 is 1.91 bits per heavy atom. The highest BCUT2D eigenvalue weighted by Gasteiger charge is 2.23. The van der Waals surface area contributed by atoms with E-state index in [1.54, 1.807) is 36.4 Å². The Bertz CT molecular complexity index is 802. The van der Waals surface area contributed by atoms with Gasteiger partial charge in [0.15, 0.2) is 6.04 Å². The fourth-order valence-electron chi connectivity index (χ4n) is 2.12. The molecule has 110 valence electrons. The lowest BCUT2D eigenvalue weighted by atomic mass is 10.1. The summed E-state index contributed by atoms with van der Waals surface area (Å²) in [5.41, 5.74) is 6.57. The topological polar surface area (TPSA) is 86.7 Å². The molecule has 0 aliphatic heterocycles. The quantitative estimate of drug-likeness (QED) is 0.791. The lowest BCUT2D eigenvalue weighted by Gasteiger charge is -2.11. The lowest BCUT2D eigenvalue weighted by Crippen LogP contribution is -2.29. The number of primary amides is 1. The first-order chi connectivity index (χ1) is 10.6. The summed E-state index contributed by atoms with van der Waals surface area (Å²) < 4.78 is 13.3. The predicted octanol–water partition coefficient (Wildman–Crippen LogP) is 1.55. The van der Waals surface area contributed by atoms with Crippen molar-refractivity contribution in [3.63, 3.8) is 0 Å². The third-order valence-corrected chi connectivity index (χ3v) is 3.13. The van der Waals surface area contributed by atoms with Crippen molar-refractivity contribution >= 4 is 5.91 Å². The number of hydrogen-bond donors (Lipinski definition) is 1. The van der Waals surface area contributed by atoms with E-state index in [1.165, 1.54) is 12.1 Å². The predicted molar refractivity (Wildman–Crippen MR) is 77.0 cm³/mol. The average Bonchev–Trinajstić information content (AvgIpc) is 2.98. The summed E-state index contributed by atoms with van der Waals surface area (Å²) in [7, 11) is 0. The third-order valence-electron chi connectivity index (χ3n) is 3.13. The number of rotatable bonds is 4. The molecule has 1 amide bonds. The minimum Gasteiger partial charge on any atom is -0.367 e. The van der Waals surface area contributed by atoms with Gasteiger partial charge in [-0.05, 0) is 22.9 Å². The molecule has 0 saturated heterocycles. The summed E-state index contributed by atoms with van der Waals surface area (Å²) in [6.45, 7) is 0. The molecule has 3 rings (SSSR count). The normalized spacial score (nSPS) is 12.0. The van der Waals surface area contributed by atoms with Gasteiger partial charge < -0.3 is 5.73 Å². The summed E-state index contributed by atoms with van der Waals surface area (Å²) in [5.74, 6) is -0.778. The Morgan fingerprint density at radius 3 is 2.59 bits per heavy atom. The van der Waals surface area contributed by atoms with E-state index in [9.17, 15) is 9.18 Å². The number of nitrogens with two attached hydrogens (primary N) is 1. The first-order valence-electron chi connectivity index (χ1n) is 6.55. The van der Waals surface area contributed by atoms with Gasteiger partial charge in [-0.2, -0.15) is 0 Å². The molecule has 1 heterocycles. The van der Waals surface area contributed by atoms with Gasteiger partial charge in [0.1, 0.15) is 5.82 Å². The first kappa shape index (κ1) is 13.9. The van der Waals surface area contributed by atoms with E-state index in [-0.39, 0.29) is 5.82 Å². The van der Waals surface area contributed by atoms with Gasteiger partial charge in [0.2, 0.25) is 11.7 Å². The molecule has 0 radical (unpaired) electrons. The van der Waals surface area contributed by atoms with Gasteiger partial charge in [0.25, 0.3) is 0 Å². The number of hydrogen-bond acceptors (Lipinski definition) is 4.